The molecule has 1 fully saturated rings. The zero-order chi connectivity index (χ0) is 17.3. The van der Waals surface area contributed by atoms with E-state index in [1.807, 2.05) is 30.3 Å². The smallest absolute Gasteiger partial charge is 0.113 e. The highest BCUT2D eigenvalue weighted by Crippen LogP contribution is 2.39. The minimum Gasteiger partial charge on any atom is -0.393 e. The number of aliphatic hydroxyl groups excluding tert-OH is 1. The first kappa shape index (κ1) is 17.7. The van der Waals surface area contributed by atoms with Gasteiger partial charge in [0.2, 0.25) is 0 Å². The summed E-state index contributed by atoms with van der Waals surface area (Å²) in [5, 5.41) is 12.7. The van der Waals surface area contributed by atoms with E-state index in [-0.39, 0.29) is 23.9 Å². The van der Waals surface area contributed by atoms with Gasteiger partial charge in [0.25, 0.3) is 0 Å². The minimum absolute atomic E-state index is 0.0722. The lowest BCUT2D eigenvalue weighted by Crippen LogP contribution is -2.58. The third-order valence-corrected chi connectivity index (χ3v) is 9.43. The molecule has 0 aromatic heterocycles. The summed E-state index contributed by atoms with van der Waals surface area (Å²) in [7, 11) is -1.84. The van der Waals surface area contributed by atoms with Crippen LogP contribution in [0.2, 0.25) is 18.1 Å². The standard InChI is InChI=1S/C20H25ClO2Si/c1-14-18(22)13-19(24(2,3)17-7-5-4-6-8-17)23-20(14)15-9-11-16(21)12-10-15/h4-12,14,18-20,22H,13H2,1-3H3/t14-,18-,19+,20+/m1/s1. The number of rotatable bonds is 3. The van der Waals surface area contributed by atoms with Crippen LogP contribution in [0.4, 0.5) is 0 Å². The van der Waals surface area contributed by atoms with Gasteiger partial charge in [-0.1, -0.05) is 79.3 Å². The predicted octanol–water partition coefficient (Wildman–Crippen LogP) is 4.32. The highest BCUT2D eigenvalue weighted by atomic mass is 35.5. The van der Waals surface area contributed by atoms with E-state index < -0.39 is 8.07 Å². The molecule has 0 amide bonds. The lowest BCUT2D eigenvalue weighted by molar-refractivity contribution is -0.108. The number of hydrogen-bond donors (Lipinski definition) is 1. The molecule has 1 aliphatic rings. The van der Waals surface area contributed by atoms with Crippen molar-refractivity contribution in [2.75, 3.05) is 0 Å². The molecular weight excluding hydrogens is 336 g/mol. The van der Waals surface area contributed by atoms with E-state index in [4.69, 9.17) is 16.3 Å². The van der Waals surface area contributed by atoms with Crippen LogP contribution < -0.4 is 5.19 Å². The first-order valence-corrected chi connectivity index (χ1v) is 12.0. The summed E-state index contributed by atoms with van der Waals surface area (Å²) in [5.74, 6) is 0.0722. The molecule has 0 aliphatic carbocycles. The first-order chi connectivity index (χ1) is 11.4. The molecule has 2 aromatic rings. The van der Waals surface area contributed by atoms with E-state index in [0.29, 0.717) is 6.42 Å². The summed E-state index contributed by atoms with van der Waals surface area (Å²) in [6.07, 6.45) is 0.269. The Balaban J connectivity index is 1.89. The second-order valence-electron chi connectivity index (χ2n) is 7.35. The maximum absolute atomic E-state index is 10.7. The summed E-state index contributed by atoms with van der Waals surface area (Å²) in [6.45, 7) is 6.72. The predicted molar refractivity (Wildman–Crippen MR) is 102 cm³/mol. The van der Waals surface area contributed by atoms with Crippen molar-refractivity contribution < 1.29 is 9.84 Å². The molecule has 0 radical (unpaired) electrons. The van der Waals surface area contributed by atoms with Gasteiger partial charge in [0.15, 0.2) is 0 Å². The molecule has 0 unspecified atom stereocenters. The van der Waals surface area contributed by atoms with Crippen molar-refractivity contribution in [3.05, 3.63) is 65.2 Å². The highest BCUT2D eigenvalue weighted by molar-refractivity contribution is 6.90. The van der Waals surface area contributed by atoms with Crippen molar-refractivity contribution in [3.8, 4) is 0 Å². The van der Waals surface area contributed by atoms with Gasteiger partial charge in [-0.3, -0.25) is 0 Å². The molecule has 4 atom stereocenters. The van der Waals surface area contributed by atoms with E-state index in [0.717, 1.165) is 10.6 Å². The summed E-state index contributed by atoms with van der Waals surface area (Å²) >= 11 is 6.01. The number of halogens is 1. The van der Waals surface area contributed by atoms with E-state index in [9.17, 15) is 5.11 Å². The Hall–Kier alpha value is -1.13. The van der Waals surface area contributed by atoms with E-state index in [2.05, 4.69) is 44.3 Å². The van der Waals surface area contributed by atoms with Crippen molar-refractivity contribution in [1.29, 1.82) is 0 Å². The Bertz CT molecular complexity index is 672. The van der Waals surface area contributed by atoms with E-state index in [1.165, 1.54) is 5.19 Å². The van der Waals surface area contributed by atoms with Gasteiger partial charge in [-0.05, 0) is 24.1 Å². The molecule has 3 rings (SSSR count). The fraction of sp³-hybridized carbons (Fsp3) is 0.400. The van der Waals surface area contributed by atoms with Crippen LogP contribution >= 0.6 is 11.6 Å². The normalized spacial score (nSPS) is 27.9. The Morgan fingerprint density at radius 3 is 2.29 bits per heavy atom. The Kier molecular flexibility index (Phi) is 5.16. The molecule has 4 heteroatoms. The lowest BCUT2D eigenvalue weighted by Gasteiger charge is -2.44. The Labute approximate surface area is 150 Å². The van der Waals surface area contributed by atoms with Gasteiger partial charge in [-0.2, -0.15) is 0 Å². The van der Waals surface area contributed by atoms with E-state index >= 15 is 0 Å². The molecule has 0 spiro atoms. The SMILES string of the molecule is C[C@@H]1[C@H](O)C[C@H]([Si](C)(C)c2ccccc2)O[C@@H]1c1ccc(Cl)cc1. The minimum atomic E-state index is -1.84. The van der Waals surface area contributed by atoms with Crippen LogP contribution in [0.15, 0.2) is 54.6 Å². The quantitative estimate of drug-likeness (QED) is 0.826. The Morgan fingerprint density at radius 1 is 1.04 bits per heavy atom. The third kappa shape index (κ3) is 3.45. The van der Waals surface area contributed by atoms with Gasteiger partial charge in [0, 0.05) is 10.9 Å². The van der Waals surface area contributed by atoms with Crippen LogP contribution in [0, 0.1) is 5.92 Å². The third-order valence-electron chi connectivity index (χ3n) is 5.37. The highest BCUT2D eigenvalue weighted by Gasteiger charge is 2.44. The van der Waals surface area contributed by atoms with Crippen molar-refractivity contribution >= 4 is 24.9 Å². The average molecular weight is 361 g/mol. The maximum Gasteiger partial charge on any atom is 0.113 e. The molecule has 1 N–H and O–H groups in total. The zero-order valence-corrected chi connectivity index (χ0v) is 16.2. The summed E-state index contributed by atoms with van der Waals surface area (Å²) in [6, 6.07) is 18.4. The van der Waals surface area contributed by atoms with Crippen LogP contribution in [-0.2, 0) is 4.74 Å². The molecule has 1 heterocycles. The maximum atomic E-state index is 10.7. The fourth-order valence-corrected chi connectivity index (χ4v) is 6.41. The molecule has 2 aromatic carbocycles. The largest absolute Gasteiger partial charge is 0.393 e. The second-order valence-corrected chi connectivity index (χ2v) is 12.4. The van der Waals surface area contributed by atoms with Gasteiger partial charge in [0.05, 0.1) is 17.9 Å². The number of benzene rings is 2. The van der Waals surface area contributed by atoms with Crippen molar-refractivity contribution in [2.24, 2.45) is 5.92 Å². The topological polar surface area (TPSA) is 29.5 Å². The van der Waals surface area contributed by atoms with Gasteiger partial charge >= 0.3 is 0 Å². The van der Waals surface area contributed by atoms with Crippen molar-refractivity contribution in [1.82, 2.24) is 0 Å². The van der Waals surface area contributed by atoms with Crippen LogP contribution in [0.25, 0.3) is 0 Å². The monoisotopic (exact) mass is 360 g/mol. The van der Waals surface area contributed by atoms with Gasteiger partial charge in [-0.25, -0.2) is 0 Å². The summed E-state index contributed by atoms with van der Waals surface area (Å²) in [4.78, 5) is 0. The second kappa shape index (κ2) is 7.01. The van der Waals surface area contributed by atoms with Crippen LogP contribution in [0.1, 0.15) is 25.0 Å². The van der Waals surface area contributed by atoms with Gasteiger partial charge in [-0.15, -0.1) is 0 Å². The zero-order valence-electron chi connectivity index (χ0n) is 14.4. The molecule has 2 nitrogen and oxygen atoms in total. The van der Waals surface area contributed by atoms with Crippen molar-refractivity contribution in [3.63, 3.8) is 0 Å². The van der Waals surface area contributed by atoms with Crippen LogP contribution in [0.5, 0.6) is 0 Å². The molecule has 1 aliphatic heterocycles. The van der Waals surface area contributed by atoms with Crippen LogP contribution in [-0.4, -0.2) is 25.0 Å². The average Bonchev–Trinajstić information content (AvgIpc) is 2.59. The Morgan fingerprint density at radius 2 is 1.67 bits per heavy atom. The first-order valence-electron chi connectivity index (χ1n) is 8.54. The summed E-state index contributed by atoms with van der Waals surface area (Å²) in [5.41, 5.74) is 1.18. The van der Waals surface area contributed by atoms with E-state index in [1.54, 1.807) is 0 Å². The number of ether oxygens (including phenoxy) is 1. The molecule has 24 heavy (non-hydrogen) atoms. The molecule has 1 saturated heterocycles. The molecule has 128 valence electrons. The molecule has 0 saturated carbocycles. The number of aliphatic hydroxyl groups is 1. The summed E-state index contributed by atoms with van der Waals surface area (Å²) < 4.78 is 6.57. The fourth-order valence-electron chi connectivity index (χ4n) is 3.55. The van der Waals surface area contributed by atoms with Crippen LogP contribution in [0.3, 0.4) is 0 Å². The molecular formula is C20H25ClO2Si. The van der Waals surface area contributed by atoms with Gasteiger partial charge in [0.1, 0.15) is 8.07 Å². The van der Waals surface area contributed by atoms with Gasteiger partial charge < -0.3 is 9.84 Å². The lowest BCUT2D eigenvalue weighted by atomic mass is 9.89. The number of hydrogen-bond acceptors (Lipinski definition) is 2. The van der Waals surface area contributed by atoms with Crippen molar-refractivity contribution in [2.45, 2.75) is 44.4 Å². The molecule has 0 bridgehead atoms.